The number of benzene rings is 1. The first kappa shape index (κ1) is 21.3. The highest BCUT2D eigenvalue weighted by atomic mass is 16.5. The fraction of sp³-hybridized carbons (Fsp3) is 0.560. The Kier molecular flexibility index (Phi) is 6.37. The lowest BCUT2D eigenvalue weighted by atomic mass is 9.91. The Morgan fingerprint density at radius 3 is 2.62 bits per heavy atom. The highest BCUT2D eigenvalue weighted by Crippen LogP contribution is 2.27. The molecule has 0 bridgehead atoms. The third kappa shape index (κ3) is 4.64. The van der Waals surface area contributed by atoms with Gasteiger partial charge in [-0.3, -0.25) is 9.69 Å². The molecule has 0 unspecified atom stereocenters. The van der Waals surface area contributed by atoms with E-state index in [0.29, 0.717) is 12.2 Å². The molecule has 0 spiro atoms. The molecule has 0 radical (unpaired) electrons. The van der Waals surface area contributed by atoms with Crippen LogP contribution in [0.1, 0.15) is 52.9 Å². The number of nitrogens with one attached hydrogen (secondary N) is 1. The zero-order valence-corrected chi connectivity index (χ0v) is 18.9. The van der Waals surface area contributed by atoms with Crippen LogP contribution < -0.4 is 10.2 Å². The van der Waals surface area contributed by atoms with Crippen LogP contribution in [0.15, 0.2) is 30.6 Å². The summed E-state index contributed by atoms with van der Waals surface area (Å²) in [4.78, 5) is 26.2. The van der Waals surface area contributed by atoms with Crippen LogP contribution in [0.3, 0.4) is 0 Å². The second-order valence-corrected chi connectivity index (χ2v) is 9.26. The van der Waals surface area contributed by atoms with E-state index in [1.54, 1.807) is 19.5 Å². The molecule has 1 amide bonds. The van der Waals surface area contributed by atoms with E-state index >= 15 is 0 Å². The first-order valence-electron chi connectivity index (χ1n) is 11.9. The fourth-order valence-electron chi connectivity index (χ4n) is 5.03. The van der Waals surface area contributed by atoms with Crippen LogP contribution in [-0.2, 0) is 24.1 Å². The number of carbonyl (C=O) groups is 1. The van der Waals surface area contributed by atoms with Gasteiger partial charge < -0.3 is 15.0 Å². The van der Waals surface area contributed by atoms with Crippen LogP contribution in [0.25, 0.3) is 0 Å². The number of amides is 1. The van der Waals surface area contributed by atoms with Gasteiger partial charge in [-0.2, -0.15) is 0 Å². The van der Waals surface area contributed by atoms with Crippen molar-refractivity contribution in [3.63, 3.8) is 0 Å². The predicted molar refractivity (Wildman–Crippen MR) is 124 cm³/mol. The maximum Gasteiger partial charge on any atom is 0.271 e. The van der Waals surface area contributed by atoms with E-state index in [1.165, 1.54) is 36.9 Å². The van der Waals surface area contributed by atoms with Crippen molar-refractivity contribution in [1.29, 1.82) is 0 Å². The summed E-state index contributed by atoms with van der Waals surface area (Å²) in [6, 6.07) is 7.47. The normalized spacial score (nSPS) is 21.7. The molecule has 7 heteroatoms. The summed E-state index contributed by atoms with van der Waals surface area (Å²) in [7, 11) is 1.74. The minimum Gasteiger partial charge on any atom is -0.380 e. The third-order valence-electron chi connectivity index (χ3n) is 7.32. The lowest BCUT2D eigenvalue weighted by molar-refractivity contribution is 0.0945. The van der Waals surface area contributed by atoms with Crippen molar-refractivity contribution < 1.29 is 9.53 Å². The number of hydrogen-bond acceptors (Lipinski definition) is 6. The summed E-state index contributed by atoms with van der Waals surface area (Å²) in [5.41, 5.74) is 4.38. The summed E-state index contributed by atoms with van der Waals surface area (Å²) in [6.07, 6.45) is 10.8. The molecule has 5 rings (SSSR count). The number of methoxy groups -OCH3 is 1. The van der Waals surface area contributed by atoms with Crippen molar-refractivity contribution >= 4 is 11.7 Å². The smallest absolute Gasteiger partial charge is 0.271 e. The average molecular weight is 436 g/mol. The van der Waals surface area contributed by atoms with Crippen molar-refractivity contribution in [2.75, 3.05) is 38.2 Å². The monoisotopic (exact) mass is 435 g/mol. The van der Waals surface area contributed by atoms with Gasteiger partial charge >= 0.3 is 0 Å². The van der Waals surface area contributed by atoms with Gasteiger partial charge in [0.1, 0.15) is 11.5 Å². The molecule has 1 saturated heterocycles. The SMILES string of the molecule is CO[C@@H]1CCN(c2cnc(C(=O)NCc3ccc4c(c3)CCN(C3CCC3)CC4)cn2)C1. The Morgan fingerprint density at radius 2 is 1.94 bits per heavy atom. The molecule has 3 aliphatic rings. The van der Waals surface area contributed by atoms with Gasteiger partial charge in [0.15, 0.2) is 0 Å². The Morgan fingerprint density at radius 1 is 1.09 bits per heavy atom. The van der Waals surface area contributed by atoms with Crippen LogP contribution in [0.4, 0.5) is 5.82 Å². The molecule has 2 aliphatic heterocycles. The van der Waals surface area contributed by atoms with E-state index in [1.807, 2.05) is 0 Å². The average Bonchev–Trinajstić information content (AvgIpc) is 3.19. The molecule has 32 heavy (non-hydrogen) atoms. The molecule has 1 N–H and O–H groups in total. The molecular formula is C25H33N5O2. The van der Waals surface area contributed by atoms with Gasteiger partial charge in [-0.25, -0.2) is 9.97 Å². The topological polar surface area (TPSA) is 70.6 Å². The van der Waals surface area contributed by atoms with Crippen LogP contribution >= 0.6 is 0 Å². The first-order chi connectivity index (χ1) is 15.7. The number of nitrogens with zero attached hydrogens (tertiary/aromatic N) is 4. The number of anilines is 1. The predicted octanol–water partition coefficient (Wildman–Crippen LogP) is 2.58. The number of hydrogen-bond donors (Lipinski definition) is 1. The van der Waals surface area contributed by atoms with E-state index in [9.17, 15) is 4.79 Å². The van der Waals surface area contributed by atoms with E-state index in [2.05, 4.69) is 43.3 Å². The Balaban J connectivity index is 1.16. The van der Waals surface area contributed by atoms with E-state index in [-0.39, 0.29) is 12.0 Å². The number of ether oxygens (including phenoxy) is 1. The van der Waals surface area contributed by atoms with Crippen molar-refractivity contribution in [3.8, 4) is 0 Å². The molecule has 170 valence electrons. The van der Waals surface area contributed by atoms with Crippen molar-refractivity contribution in [3.05, 3.63) is 53.0 Å². The van der Waals surface area contributed by atoms with Crippen molar-refractivity contribution in [2.24, 2.45) is 0 Å². The highest BCUT2D eigenvalue weighted by molar-refractivity contribution is 5.92. The summed E-state index contributed by atoms with van der Waals surface area (Å²) < 4.78 is 5.41. The van der Waals surface area contributed by atoms with Gasteiger partial charge in [0.25, 0.3) is 5.91 Å². The molecule has 2 fully saturated rings. The van der Waals surface area contributed by atoms with Gasteiger partial charge in [-0.15, -0.1) is 0 Å². The van der Waals surface area contributed by atoms with Gasteiger partial charge in [0.05, 0.1) is 18.5 Å². The Labute approximate surface area is 190 Å². The number of rotatable bonds is 6. The largest absolute Gasteiger partial charge is 0.380 e. The summed E-state index contributed by atoms with van der Waals surface area (Å²) in [5.74, 6) is 0.606. The lowest BCUT2D eigenvalue weighted by Crippen LogP contribution is -2.41. The lowest BCUT2D eigenvalue weighted by Gasteiger charge is -2.36. The Bertz CT molecular complexity index is 944. The second-order valence-electron chi connectivity index (χ2n) is 9.26. The standard InChI is InChI=1S/C25H33N5O2/c1-32-22-9-12-30(17-22)24-16-26-23(15-27-24)25(31)28-14-18-5-6-19-7-10-29(21-3-2-4-21)11-8-20(19)13-18/h5-6,13,15-16,21-22H,2-4,7-12,14,17H2,1H3,(H,28,31)/t22-/m1/s1. The number of carbonyl (C=O) groups excluding carboxylic acids is 1. The van der Waals surface area contributed by atoms with Gasteiger partial charge in [-0.1, -0.05) is 24.6 Å². The molecular weight excluding hydrogens is 402 g/mol. The molecule has 2 aromatic rings. The zero-order chi connectivity index (χ0) is 21.9. The number of aromatic nitrogens is 2. The quantitative estimate of drug-likeness (QED) is 0.752. The molecule has 1 atom stereocenters. The van der Waals surface area contributed by atoms with E-state index in [0.717, 1.165) is 56.3 Å². The summed E-state index contributed by atoms with van der Waals surface area (Å²) >= 11 is 0. The molecule has 1 saturated carbocycles. The molecule has 1 aromatic heterocycles. The molecule has 1 aromatic carbocycles. The van der Waals surface area contributed by atoms with Crippen LogP contribution in [0.2, 0.25) is 0 Å². The summed E-state index contributed by atoms with van der Waals surface area (Å²) in [6.45, 7) is 4.54. The summed E-state index contributed by atoms with van der Waals surface area (Å²) in [5, 5.41) is 3.00. The second kappa shape index (κ2) is 9.55. The van der Waals surface area contributed by atoms with Crippen LogP contribution in [0.5, 0.6) is 0 Å². The van der Waals surface area contributed by atoms with Crippen molar-refractivity contribution in [1.82, 2.24) is 20.2 Å². The minimum atomic E-state index is -0.189. The number of fused-ring (bicyclic) bond motifs is 1. The van der Waals surface area contributed by atoms with Gasteiger partial charge in [0.2, 0.25) is 0 Å². The van der Waals surface area contributed by atoms with E-state index in [4.69, 9.17) is 4.74 Å². The fourth-order valence-corrected chi connectivity index (χ4v) is 5.03. The van der Waals surface area contributed by atoms with Crippen molar-refractivity contribution in [2.45, 2.75) is 57.2 Å². The molecule has 3 heterocycles. The maximum absolute atomic E-state index is 12.6. The minimum absolute atomic E-state index is 0.189. The molecule has 1 aliphatic carbocycles. The zero-order valence-electron chi connectivity index (χ0n) is 18.9. The van der Waals surface area contributed by atoms with Crippen LogP contribution in [-0.4, -0.2) is 66.2 Å². The van der Waals surface area contributed by atoms with Gasteiger partial charge in [0, 0.05) is 45.9 Å². The highest BCUT2D eigenvalue weighted by Gasteiger charge is 2.26. The third-order valence-corrected chi connectivity index (χ3v) is 7.32. The van der Waals surface area contributed by atoms with Gasteiger partial charge in [-0.05, 0) is 48.8 Å². The first-order valence-corrected chi connectivity index (χ1v) is 11.9. The Hall–Kier alpha value is -2.51. The maximum atomic E-state index is 12.6. The molecule has 7 nitrogen and oxygen atoms in total. The van der Waals surface area contributed by atoms with E-state index < -0.39 is 0 Å². The van der Waals surface area contributed by atoms with Crippen LogP contribution in [0, 0.1) is 0 Å².